The second kappa shape index (κ2) is 5.51. The molecule has 0 aliphatic heterocycles. The molecule has 0 heterocycles. The highest BCUT2D eigenvalue weighted by Gasteiger charge is 2.11. The van der Waals surface area contributed by atoms with E-state index in [9.17, 15) is 5.21 Å². The van der Waals surface area contributed by atoms with Crippen molar-refractivity contribution in [3.8, 4) is 0 Å². The molecule has 0 aliphatic rings. The Morgan fingerprint density at radius 2 is 1.92 bits per heavy atom. The van der Waals surface area contributed by atoms with Gasteiger partial charge in [0.25, 0.3) is 0 Å². The molecule has 1 N–H and O–H groups in total. The summed E-state index contributed by atoms with van der Waals surface area (Å²) >= 11 is 0. The van der Waals surface area contributed by atoms with Gasteiger partial charge in [0.2, 0.25) is 0 Å². The van der Waals surface area contributed by atoms with Gasteiger partial charge in [0.1, 0.15) is 6.17 Å². The summed E-state index contributed by atoms with van der Waals surface area (Å²) in [4.78, 5) is 0. The largest absolute Gasteiger partial charge is 0.632 e. The number of rotatable bonds is 6. The van der Waals surface area contributed by atoms with E-state index in [-0.39, 0.29) is 10.8 Å². The van der Waals surface area contributed by atoms with Gasteiger partial charge < -0.3 is 9.85 Å². The van der Waals surface area contributed by atoms with Gasteiger partial charge in [0.05, 0.1) is 14.1 Å². The fourth-order valence-electron chi connectivity index (χ4n) is 0.906. The third-order valence-electron chi connectivity index (χ3n) is 2.15. The third-order valence-corrected chi connectivity index (χ3v) is 2.15. The molecule has 0 aliphatic carbocycles. The van der Waals surface area contributed by atoms with Gasteiger partial charge in [0, 0.05) is 13.5 Å². The van der Waals surface area contributed by atoms with Crippen LogP contribution in [0.2, 0.25) is 0 Å². The van der Waals surface area contributed by atoms with Crippen molar-refractivity contribution in [3.05, 3.63) is 5.21 Å². The van der Waals surface area contributed by atoms with Gasteiger partial charge in [-0.15, -0.1) is 0 Å². The molecular weight excluding hydrogens is 152 g/mol. The van der Waals surface area contributed by atoms with Crippen molar-refractivity contribution in [2.24, 2.45) is 0 Å². The second-order valence-corrected chi connectivity index (χ2v) is 3.77. The maximum Gasteiger partial charge on any atom is 0.139 e. The zero-order valence-corrected chi connectivity index (χ0v) is 8.76. The van der Waals surface area contributed by atoms with Crippen molar-refractivity contribution < 1.29 is 4.65 Å². The van der Waals surface area contributed by atoms with Gasteiger partial charge in [-0.2, -0.15) is 0 Å². The van der Waals surface area contributed by atoms with E-state index < -0.39 is 0 Å². The molecule has 0 spiro atoms. The normalized spacial score (nSPS) is 14.8. The average Bonchev–Trinajstić information content (AvgIpc) is 1.96. The van der Waals surface area contributed by atoms with Crippen LogP contribution in [0.1, 0.15) is 33.1 Å². The van der Waals surface area contributed by atoms with E-state index in [1.807, 2.05) is 6.92 Å². The first-order chi connectivity index (χ1) is 5.48. The smallest absolute Gasteiger partial charge is 0.139 e. The minimum Gasteiger partial charge on any atom is -0.632 e. The molecule has 0 saturated heterocycles. The Balaban J connectivity index is 3.38. The number of hydroxylamine groups is 3. The average molecular weight is 174 g/mol. The van der Waals surface area contributed by atoms with Gasteiger partial charge in [-0.25, -0.2) is 0 Å². The van der Waals surface area contributed by atoms with Crippen LogP contribution < -0.4 is 5.32 Å². The molecule has 0 amide bonds. The molecule has 0 bridgehead atoms. The van der Waals surface area contributed by atoms with E-state index in [0.29, 0.717) is 0 Å². The van der Waals surface area contributed by atoms with Crippen LogP contribution in [0.3, 0.4) is 0 Å². The van der Waals surface area contributed by atoms with Gasteiger partial charge >= 0.3 is 0 Å². The summed E-state index contributed by atoms with van der Waals surface area (Å²) in [5.41, 5.74) is 0. The minimum absolute atomic E-state index is 0.00172. The second-order valence-electron chi connectivity index (χ2n) is 3.77. The highest BCUT2D eigenvalue weighted by Crippen LogP contribution is 2.00. The quantitative estimate of drug-likeness (QED) is 0.288. The number of nitrogens with zero attached hydrogens (tertiary/aromatic N) is 1. The molecule has 1 unspecified atom stereocenters. The topological polar surface area (TPSA) is 35.1 Å². The highest BCUT2D eigenvalue weighted by molar-refractivity contribution is 4.50. The van der Waals surface area contributed by atoms with Crippen LogP contribution in [0, 0.1) is 5.21 Å². The summed E-state index contributed by atoms with van der Waals surface area (Å²) in [5, 5.41) is 14.6. The van der Waals surface area contributed by atoms with Gasteiger partial charge in [-0.1, -0.05) is 19.8 Å². The van der Waals surface area contributed by atoms with Crippen molar-refractivity contribution in [1.82, 2.24) is 5.32 Å². The highest BCUT2D eigenvalue weighted by atomic mass is 16.5. The molecule has 3 heteroatoms. The maximum atomic E-state index is 11.3. The van der Waals surface area contributed by atoms with Crippen LogP contribution in [-0.4, -0.2) is 31.5 Å². The number of hydrogen-bond donors (Lipinski definition) is 1. The summed E-state index contributed by atoms with van der Waals surface area (Å²) < 4.78 is -0.258. The van der Waals surface area contributed by atoms with Crippen molar-refractivity contribution in [2.75, 3.05) is 20.6 Å². The molecule has 1 atom stereocenters. The Bertz CT molecular complexity index is 110. The third kappa shape index (κ3) is 5.52. The number of unbranched alkanes of at least 4 members (excludes halogenated alkanes) is 2. The van der Waals surface area contributed by atoms with Gasteiger partial charge in [0.15, 0.2) is 0 Å². The lowest BCUT2D eigenvalue weighted by atomic mass is 10.2. The first kappa shape index (κ1) is 11.9. The van der Waals surface area contributed by atoms with E-state index >= 15 is 0 Å². The molecule has 0 fully saturated rings. The lowest BCUT2D eigenvalue weighted by Crippen LogP contribution is -2.50. The van der Waals surface area contributed by atoms with E-state index in [1.165, 1.54) is 19.3 Å². The molecule has 0 saturated carbocycles. The van der Waals surface area contributed by atoms with E-state index in [2.05, 4.69) is 12.2 Å². The standard InChI is InChI=1S/C9H22N2O/c1-5-6-7-8-10-9(2)11(3,4)12/h9-10H,5-8H2,1-4H3. The van der Waals surface area contributed by atoms with E-state index in [1.54, 1.807) is 14.1 Å². The SMILES string of the molecule is CCCCCNC(C)[N+](C)(C)[O-]. The Morgan fingerprint density at radius 3 is 2.33 bits per heavy atom. The predicted molar refractivity (Wildman–Crippen MR) is 52.5 cm³/mol. The molecular formula is C9H22N2O. The summed E-state index contributed by atoms with van der Waals surface area (Å²) in [6.07, 6.45) is 3.64. The van der Waals surface area contributed by atoms with Crippen LogP contribution in [0.5, 0.6) is 0 Å². The predicted octanol–water partition coefficient (Wildman–Crippen LogP) is 1.69. The summed E-state index contributed by atoms with van der Waals surface area (Å²) in [5.74, 6) is 0. The lowest BCUT2D eigenvalue weighted by molar-refractivity contribution is -0.868. The zero-order chi connectivity index (χ0) is 9.61. The molecule has 0 aromatic heterocycles. The molecule has 0 rings (SSSR count). The first-order valence-corrected chi connectivity index (χ1v) is 4.76. The van der Waals surface area contributed by atoms with Crippen LogP contribution >= 0.6 is 0 Å². The molecule has 0 aromatic rings. The van der Waals surface area contributed by atoms with Gasteiger partial charge in [-0.05, 0) is 6.42 Å². The maximum absolute atomic E-state index is 11.3. The zero-order valence-electron chi connectivity index (χ0n) is 8.76. The monoisotopic (exact) mass is 174 g/mol. The molecule has 0 aromatic carbocycles. The Kier molecular flexibility index (Phi) is 5.46. The number of nitrogens with one attached hydrogen (secondary N) is 1. The fourth-order valence-corrected chi connectivity index (χ4v) is 0.906. The molecule has 0 radical (unpaired) electrons. The van der Waals surface area contributed by atoms with Crippen LogP contribution in [0.4, 0.5) is 0 Å². The summed E-state index contributed by atoms with van der Waals surface area (Å²) in [6, 6.07) is 0. The molecule has 74 valence electrons. The minimum atomic E-state index is -0.258. The van der Waals surface area contributed by atoms with Crippen LogP contribution in [0.25, 0.3) is 0 Å². The summed E-state index contributed by atoms with van der Waals surface area (Å²) in [7, 11) is 3.33. The van der Waals surface area contributed by atoms with E-state index in [4.69, 9.17) is 0 Å². The molecule has 3 nitrogen and oxygen atoms in total. The molecule has 12 heavy (non-hydrogen) atoms. The van der Waals surface area contributed by atoms with Gasteiger partial charge in [-0.3, -0.25) is 5.32 Å². The Labute approximate surface area is 75.9 Å². The van der Waals surface area contributed by atoms with Crippen LogP contribution in [0.15, 0.2) is 0 Å². The van der Waals surface area contributed by atoms with E-state index in [0.717, 1.165) is 6.54 Å². The first-order valence-electron chi connectivity index (χ1n) is 4.76. The Morgan fingerprint density at radius 1 is 1.33 bits per heavy atom. The number of quaternary nitrogens is 1. The van der Waals surface area contributed by atoms with Crippen molar-refractivity contribution in [2.45, 2.75) is 39.3 Å². The number of hydrogen-bond acceptors (Lipinski definition) is 2. The van der Waals surface area contributed by atoms with Crippen molar-refractivity contribution in [3.63, 3.8) is 0 Å². The Hall–Kier alpha value is -0.120. The lowest BCUT2D eigenvalue weighted by Gasteiger charge is -2.40. The summed E-state index contributed by atoms with van der Waals surface area (Å²) in [6.45, 7) is 5.06. The fraction of sp³-hybridized carbons (Fsp3) is 1.00. The van der Waals surface area contributed by atoms with Crippen molar-refractivity contribution in [1.29, 1.82) is 0 Å². The van der Waals surface area contributed by atoms with Crippen molar-refractivity contribution >= 4 is 0 Å². The van der Waals surface area contributed by atoms with Crippen LogP contribution in [-0.2, 0) is 0 Å².